The maximum atomic E-state index is 13.3. The Kier molecular flexibility index (Phi) is 9.17. The quantitative estimate of drug-likeness (QED) is 0.274. The van der Waals surface area contributed by atoms with E-state index in [-0.39, 0.29) is 24.4 Å². The molecule has 1 atom stereocenters. The third-order valence-electron chi connectivity index (χ3n) is 7.11. The summed E-state index contributed by atoms with van der Waals surface area (Å²) in [4.78, 5) is 24.1. The van der Waals surface area contributed by atoms with Gasteiger partial charge in [-0.2, -0.15) is 0 Å². The second kappa shape index (κ2) is 12.4. The van der Waals surface area contributed by atoms with E-state index in [1.54, 1.807) is 24.5 Å². The zero-order valence-electron chi connectivity index (χ0n) is 24.7. The fourth-order valence-corrected chi connectivity index (χ4v) is 4.87. The Morgan fingerprint density at radius 3 is 2.32 bits per heavy atom. The van der Waals surface area contributed by atoms with E-state index >= 15 is 0 Å². The molecule has 3 heterocycles. The van der Waals surface area contributed by atoms with Gasteiger partial charge in [-0.15, -0.1) is 0 Å². The van der Waals surface area contributed by atoms with Crippen molar-refractivity contribution in [3.05, 3.63) is 65.9 Å². The van der Waals surface area contributed by atoms with Crippen LogP contribution in [0, 0.1) is 18.2 Å². The third-order valence-corrected chi connectivity index (χ3v) is 7.11. The first-order valence-electron chi connectivity index (χ1n) is 14.0. The van der Waals surface area contributed by atoms with Gasteiger partial charge in [0.2, 0.25) is 0 Å². The van der Waals surface area contributed by atoms with Crippen molar-refractivity contribution in [3.8, 4) is 22.8 Å². The largest absolute Gasteiger partial charge is 0.490 e. The molecule has 8 nitrogen and oxygen atoms in total. The van der Waals surface area contributed by atoms with Crippen molar-refractivity contribution in [1.82, 2.24) is 9.97 Å². The lowest BCUT2D eigenvalue weighted by Gasteiger charge is -2.40. The van der Waals surface area contributed by atoms with Crippen LogP contribution in [0.5, 0.6) is 11.5 Å². The van der Waals surface area contributed by atoms with E-state index in [9.17, 15) is 14.3 Å². The molecule has 0 amide bonds. The van der Waals surface area contributed by atoms with Crippen LogP contribution in [0.2, 0.25) is 0 Å². The second-order valence-corrected chi connectivity index (χ2v) is 12.2. The molecule has 1 aliphatic rings. The highest BCUT2D eigenvalue weighted by atomic mass is 19.1. The monoisotopic (exact) mass is 565 g/mol. The van der Waals surface area contributed by atoms with Crippen molar-refractivity contribution < 1.29 is 28.5 Å². The van der Waals surface area contributed by atoms with Gasteiger partial charge in [0.1, 0.15) is 30.5 Å². The number of pyridine rings is 2. The molecular weight excluding hydrogens is 525 g/mol. The second-order valence-electron chi connectivity index (χ2n) is 12.2. The summed E-state index contributed by atoms with van der Waals surface area (Å²) in [5, 5.41) is 10.3. The normalized spacial score (nSPS) is 15.8. The lowest BCUT2D eigenvalue weighted by molar-refractivity contribution is -0.160. The summed E-state index contributed by atoms with van der Waals surface area (Å²) in [5.41, 5.74) is 2.90. The number of aryl methyl sites for hydroxylation is 1. The van der Waals surface area contributed by atoms with Crippen LogP contribution in [0.1, 0.15) is 64.8 Å². The summed E-state index contributed by atoms with van der Waals surface area (Å²) >= 11 is 0. The van der Waals surface area contributed by atoms with E-state index in [0.29, 0.717) is 28.5 Å². The van der Waals surface area contributed by atoms with Crippen LogP contribution in [0.25, 0.3) is 11.3 Å². The van der Waals surface area contributed by atoms with Crippen molar-refractivity contribution >= 4 is 11.7 Å². The highest BCUT2D eigenvalue weighted by molar-refractivity contribution is 5.85. The maximum Gasteiger partial charge on any atom is 0.337 e. The van der Waals surface area contributed by atoms with Gasteiger partial charge < -0.3 is 24.2 Å². The summed E-state index contributed by atoms with van der Waals surface area (Å²) < 4.78 is 30.8. The molecule has 220 valence electrons. The predicted octanol–water partition coefficient (Wildman–Crippen LogP) is 6.62. The number of nitrogens with zero attached hydrogens (tertiary/aromatic N) is 3. The molecule has 0 radical (unpaired) electrons. The Morgan fingerprint density at radius 2 is 1.73 bits per heavy atom. The molecule has 41 heavy (non-hydrogen) atoms. The SMILES string of the molecule is Cc1ncc(-c2ccc(OCCOc3cccc(F)c3)cn2)c(N2CCC(C)(C)CC2)c1[C@H](OC(C)(C)C)C(=O)O. The van der Waals surface area contributed by atoms with E-state index in [0.717, 1.165) is 37.2 Å². The molecule has 1 fully saturated rings. The Morgan fingerprint density at radius 1 is 1.05 bits per heavy atom. The van der Waals surface area contributed by atoms with Crippen molar-refractivity contribution in [2.45, 2.75) is 66.1 Å². The molecule has 0 bridgehead atoms. The highest BCUT2D eigenvalue weighted by Crippen LogP contribution is 2.43. The lowest BCUT2D eigenvalue weighted by atomic mass is 9.82. The molecular formula is C32H40FN3O5. The Bertz CT molecular complexity index is 1340. The molecule has 0 aliphatic carbocycles. The fraction of sp³-hybridized carbons (Fsp3) is 0.469. The Labute approximate surface area is 241 Å². The number of carboxylic acids is 1. The van der Waals surface area contributed by atoms with E-state index in [1.807, 2.05) is 39.8 Å². The van der Waals surface area contributed by atoms with Crippen LogP contribution in [0.15, 0.2) is 48.8 Å². The van der Waals surface area contributed by atoms with E-state index < -0.39 is 17.7 Å². The van der Waals surface area contributed by atoms with Crippen LogP contribution >= 0.6 is 0 Å². The van der Waals surface area contributed by atoms with Gasteiger partial charge in [-0.25, -0.2) is 9.18 Å². The molecule has 0 spiro atoms. The van der Waals surface area contributed by atoms with Gasteiger partial charge in [0.15, 0.2) is 6.10 Å². The van der Waals surface area contributed by atoms with Gasteiger partial charge >= 0.3 is 5.97 Å². The number of benzene rings is 1. The minimum atomic E-state index is -1.19. The summed E-state index contributed by atoms with van der Waals surface area (Å²) in [6.07, 6.45) is 4.15. The Balaban J connectivity index is 1.62. The first-order chi connectivity index (χ1) is 19.3. The number of aliphatic carboxylic acids is 1. The third kappa shape index (κ3) is 7.94. The number of piperidine rings is 1. The zero-order chi connectivity index (χ0) is 29.8. The van der Waals surface area contributed by atoms with Crippen molar-refractivity contribution in [2.24, 2.45) is 5.41 Å². The van der Waals surface area contributed by atoms with Crippen LogP contribution in [0.3, 0.4) is 0 Å². The first-order valence-corrected chi connectivity index (χ1v) is 14.0. The van der Waals surface area contributed by atoms with E-state index in [1.165, 1.54) is 12.1 Å². The summed E-state index contributed by atoms with van der Waals surface area (Å²) in [6.45, 7) is 14.0. The molecule has 0 unspecified atom stereocenters. The highest BCUT2D eigenvalue weighted by Gasteiger charge is 2.36. The van der Waals surface area contributed by atoms with Crippen molar-refractivity contribution in [2.75, 3.05) is 31.2 Å². The standard InChI is InChI=1S/C32H40FN3O5/c1-21-27(29(30(37)38)41-31(2,3)4)28(36-14-12-32(5,6)13-15-36)25(20-34-21)26-11-10-24(19-35-26)40-17-16-39-23-9-7-8-22(33)18-23/h7-11,18-20,29H,12-17H2,1-6H3,(H,37,38)/t29-/m0/s1. The topological polar surface area (TPSA) is 94.0 Å². The molecule has 4 rings (SSSR count). The summed E-state index contributed by atoms with van der Waals surface area (Å²) in [5.74, 6) is -0.423. The number of ether oxygens (including phenoxy) is 3. The van der Waals surface area contributed by atoms with Gasteiger partial charge in [0, 0.05) is 42.2 Å². The minimum Gasteiger partial charge on any atom is -0.490 e. The average Bonchev–Trinajstić information content (AvgIpc) is 2.90. The van der Waals surface area contributed by atoms with Crippen LogP contribution < -0.4 is 14.4 Å². The number of hydrogen-bond acceptors (Lipinski definition) is 7. The number of halogens is 1. The van der Waals surface area contributed by atoms with Crippen molar-refractivity contribution in [3.63, 3.8) is 0 Å². The molecule has 1 aromatic carbocycles. The zero-order valence-corrected chi connectivity index (χ0v) is 24.7. The number of carboxylic acid groups (broad SMARTS) is 1. The molecule has 1 saturated heterocycles. The van der Waals surface area contributed by atoms with E-state index in [4.69, 9.17) is 14.2 Å². The predicted molar refractivity (Wildman–Crippen MR) is 156 cm³/mol. The van der Waals surface area contributed by atoms with Crippen LogP contribution in [-0.4, -0.2) is 52.9 Å². The molecule has 0 saturated carbocycles. The smallest absolute Gasteiger partial charge is 0.337 e. The molecule has 9 heteroatoms. The molecule has 3 aromatic rings. The van der Waals surface area contributed by atoms with E-state index in [2.05, 4.69) is 28.7 Å². The number of rotatable bonds is 10. The summed E-state index contributed by atoms with van der Waals surface area (Å²) in [6, 6.07) is 9.62. The average molecular weight is 566 g/mol. The van der Waals surface area contributed by atoms with Gasteiger partial charge in [-0.05, 0) is 70.2 Å². The van der Waals surface area contributed by atoms with Crippen LogP contribution in [0.4, 0.5) is 10.1 Å². The van der Waals surface area contributed by atoms with Gasteiger partial charge in [0.25, 0.3) is 0 Å². The van der Waals surface area contributed by atoms with Crippen LogP contribution in [-0.2, 0) is 9.53 Å². The van der Waals surface area contributed by atoms with Gasteiger partial charge in [-0.1, -0.05) is 19.9 Å². The number of hydrogen-bond donors (Lipinski definition) is 1. The molecule has 2 aromatic heterocycles. The lowest BCUT2D eigenvalue weighted by Crippen LogP contribution is -2.39. The Hall–Kier alpha value is -3.72. The number of aromatic nitrogens is 2. The summed E-state index contributed by atoms with van der Waals surface area (Å²) in [7, 11) is 0. The minimum absolute atomic E-state index is 0.211. The van der Waals surface area contributed by atoms with Crippen molar-refractivity contribution in [1.29, 1.82) is 0 Å². The number of anilines is 1. The maximum absolute atomic E-state index is 13.3. The molecule has 1 N–H and O–H groups in total. The molecule has 1 aliphatic heterocycles. The fourth-order valence-electron chi connectivity index (χ4n) is 4.87. The number of carbonyl (C=O) groups is 1. The first kappa shape index (κ1) is 30.2. The van der Waals surface area contributed by atoms with Gasteiger partial charge in [-0.3, -0.25) is 9.97 Å². The van der Waals surface area contributed by atoms with Gasteiger partial charge in [0.05, 0.1) is 23.2 Å².